The van der Waals surface area contributed by atoms with Crippen LogP contribution in [0.25, 0.3) is 11.0 Å². The number of carbonyl (C=O) groups excluding carboxylic acids is 1. The van der Waals surface area contributed by atoms with Crippen molar-refractivity contribution in [1.82, 2.24) is 29.9 Å². The van der Waals surface area contributed by atoms with Crippen molar-refractivity contribution in [2.24, 2.45) is 7.05 Å². The summed E-state index contributed by atoms with van der Waals surface area (Å²) < 4.78 is 3.66. The van der Waals surface area contributed by atoms with Gasteiger partial charge in [-0.15, -0.1) is 0 Å². The lowest BCUT2D eigenvalue weighted by Crippen LogP contribution is -2.25. The lowest BCUT2D eigenvalue weighted by molar-refractivity contribution is 0.0951. The molecule has 0 aromatic carbocycles. The van der Waals surface area contributed by atoms with E-state index in [1.807, 2.05) is 23.9 Å². The molecule has 130 valence electrons. The molecule has 3 aromatic heterocycles. The van der Waals surface area contributed by atoms with E-state index in [1.165, 1.54) is 0 Å². The van der Waals surface area contributed by atoms with Crippen LogP contribution in [0.2, 0.25) is 0 Å². The Bertz CT molecular complexity index is 921. The number of hydrogen-bond donors (Lipinski definition) is 1. The lowest BCUT2D eigenvalue weighted by atomic mass is 10.1. The van der Waals surface area contributed by atoms with Crippen molar-refractivity contribution < 1.29 is 4.79 Å². The van der Waals surface area contributed by atoms with Gasteiger partial charge >= 0.3 is 0 Å². The van der Waals surface area contributed by atoms with E-state index < -0.39 is 0 Å². The summed E-state index contributed by atoms with van der Waals surface area (Å²) in [4.78, 5) is 17.5. The summed E-state index contributed by atoms with van der Waals surface area (Å²) in [6.07, 6.45) is 6.79. The monoisotopic (exact) mass is 338 g/mol. The molecule has 4 rings (SSSR count). The molecule has 0 bridgehead atoms. The first kappa shape index (κ1) is 15.8. The number of pyridine rings is 1. The third kappa shape index (κ3) is 3.01. The molecule has 0 saturated heterocycles. The number of hydrogen-bond acceptors (Lipinski definition) is 4. The van der Waals surface area contributed by atoms with E-state index in [4.69, 9.17) is 4.98 Å². The van der Waals surface area contributed by atoms with E-state index in [1.54, 1.807) is 17.1 Å². The molecule has 1 N–H and O–H groups in total. The average molecular weight is 338 g/mol. The summed E-state index contributed by atoms with van der Waals surface area (Å²) in [5, 5.41) is 12.4. The largest absolute Gasteiger partial charge is 0.346 e. The Kier molecular flexibility index (Phi) is 3.99. The number of aromatic nitrogens is 5. The van der Waals surface area contributed by atoms with Crippen LogP contribution in [-0.4, -0.2) is 30.5 Å². The van der Waals surface area contributed by atoms with Crippen molar-refractivity contribution in [1.29, 1.82) is 0 Å². The highest BCUT2D eigenvalue weighted by molar-refractivity contribution is 6.05. The van der Waals surface area contributed by atoms with Crippen LogP contribution in [0.4, 0.5) is 0 Å². The zero-order valence-corrected chi connectivity index (χ0v) is 14.6. The molecule has 7 nitrogen and oxygen atoms in total. The Morgan fingerprint density at radius 1 is 1.36 bits per heavy atom. The first-order chi connectivity index (χ1) is 12.2. The van der Waals surface area contributed by atoms with Gasteiger partial charge in [-0.05, 0) is 31.4 Å². The van der Waals surface area contributed by atoms with Crippen LogP contribution in [0.5, 0.6) is 0 Å². The van der Waals surface area contributed by atoms with Gasteiger partial charge in [0.05, 0.1) is 29.4 Å². The SMILES string of the molecule is CCCn1nccc1CNC(=O)c1cc(C2CC2)nc2c1cnn2C. The standard InChI is InChI=1S/C18H22N6O/c1-3-8-24-13(6-7-20-24)10-19-18(25)14-9-16(12-4-5-12)22-17-15(14)11-21-23(17)2/h6-7,9,11-12H,3-5,8,10H2,1-2H3,(H,19,25). The van der Waals surface area contributed by atoms with E-state index in [0.717, 1.165) is 48.2 Å². The van der Waals surface area contributed by atoms with E-state index in [-0.39, 0.29) is 5.91 Å². The van der Waals surface area contributed by atoms with Crippen LogP contribution in [0.1, 0.15) is 53.8 Å². The second-order valence-electron chi connectivity index (χ2n) is 6.60. The van der Waals surface area contributed by atoms with Crippen molar-refractivity contribution in [2.45, 2.75) is 45.2 Å². The second kappa shape index (κ2) is 6.31. The van der Waals surface area contributed by atoms with Crippen LogP contribution in [0.3, 0.4) is 0 Å². The molecular formula is C18H22N6O. The minimum Gasteiger partial charge on any atom is -0.346 e. The molecule has 0 spiro atoms. The van der Waals surface area contributed by atoms with Gasteiger partial charge in [0.15, 0.2) is 5.65 Å². The quantitative estimate of drug-likeness (QED) is 0.748. The maximum Gasteiger partial charge on any atom is 0.252 e. The van der Waals surface area contributed by atoms with E-state index in [9.17, 15) is 4.79 Å². The Morgan fingerprint density at radius 3 is 2.96 bits per heavy atom. The van der Waals surface area contributed by atoms with Crippen LogP contribution in [0.15, 0.2) is 24.5 Å². The fourth-order valence-corrected chi connectivity index (χ4v) is 3.10. The highest BCUT2D eigenvalue weighted by Crippen LogP contribution is 2.40. The normalized spacial score (nSPS) is 14.2. The van der Waals surface area contributed by atoms with Crippen molar-refractivity contribution in [3.63, 3.8) is 0 Å². The smallest absolute Gasteiger partial charge is 0.252 e. The van der Waals surface area contributed by atoms with E-state index in [2.05, 4.69) is 22.4 Å². The summed E-state index contributed by atoms with van der Waals surface area (Å²) >= 11 is 0. The van der Waals surface area contributed by atoms with E-state index >= 15 is 0 Å². The molecule has 3 heterocycles. The molecule has 3 aromatic rings. The Hall–Kier alpha value is -2.70. The molecule has 1 aliphatic rings. The molecule has 0 atom stereocenters. The van der Waals surface area contributed by atoms with Gasteiger partial charge in [-0.3, -0.25) is 14.2 Å². The van der Waals surface area contributed by atoms with Crippen molar-refractivity contribution in [2.75, 3.05) is 0 Å². The maximum atomic E-state index is 12.8. The molecule has 0 unspecified atom stereocenters. The molecule has 1 fully saturated rings. The first-order valence-electron chi connectivity index (χ1n) is 8.79. The summed E-state index contributed by atoms with van der Waals surface area (Å²) in [7, 11) is 1.86. The van der Waals surface area contributed by atoms with Gasteiger partial charge in [-0.25, -0.2) is 4.98 Å². The van der Waals surface area contributed by atoms with Gasteiger partial charge < -0.3 is 5.32 Å². The number of fused-ring (bicyclic) bond motifs is 1. The number of rotatable bonds is 6. The number of nitrogens with zero attached hydrogens (tertiary/aromatic N) is 5. The fraction of sp³-hybridized carbons (Fsp3) is 0.444. The number of amides is 1. The topological polar surface area (TPSA) is 77.6 Å². The molecule has 0 aliphatic heterocycles. The molecule has 1 saturated carbocycles. The van der Waals surface area contributed by atoms with Crippen molar-refractivity contribution in [3.05, 3.63) is 41.5 Å². The van der Waals surface area contributed by atoms with Crippen molar-refractivity contribution >= 4 is 16.9 Å². The fourth-order valence-electron chi connectivity index (χ4n) is 3.10. The van der Waals surface area contributed by atoms with Crippen LogP contribution < -0.4 is 5.32 Å². The summed E-state index contributed by atoms with van der Waals surface area (Å²) in [6.45, 7) is 3.42. The minimum absolute atomic E-state index is 0.0912. The average Bonchev–Trinajstić information content (AvgIpc) is 3.27. The zero-order chi connectivity index (χ0) is 17.4. The number of aryl methyl sites for hydroxylation is 2. The zero-order valence-electron chi connectivity index (χ0n) is 14.6. The highest BCUT2D eigenvalue weighted by atomic mass is 16.1. The third-order valence-electron chi connectivity index (χ3n) is 4.64. The number of carbonyl (C=O) groups is 1. The van der Waals surface area contributed by atoms with E-state index in [0.29, 0.717) is 18.0 Å². The van der Waals surface area contributed by atoms with Gasteiger partial charge in [0.25, 0.3) is 5.91 Å². The molecule has 25 heavy (non-hydrogen) atoms. The predicted molar refractivity (Wildman–Crippen MR) is 94.2 cm³/mol. The summed E-state index contributed by atoms with van der Waals surface area (Å²) in [5.74, 6) is 0.392. The summed E-state index contributed by atoms with van der Waals surface area (Å²) in [6, 6.07) is 3.87. The molecule has 1 amide bonds. The maximum absolute atomic E-state index is 12.8. The Balaban J connectivity index is 1.60. The molecule has 1 aliphatic carbocycles. The highest BCUT2D eigenvalue weighted by Gasteiger charge is 2.27. The van der Waals surface area contributed by atoms with Gasteiger partial charge in [-0.1, -0.05) is 6.92 Å². The first-order valence-corrected chi connectivity index (χ1v) is 8.79. The Labute approximate surface area is 146 Å². The van der Waals surface area contributed by atoms with Gasteiger partial charge in [-0.2, -0.15) is 10.2 Å². The third-order valence-corrected chi connectivity index (χ3v) is 4.64. The Morgan fingerprint density at radius 2 is 2.20 bits per heavy atom. The lowest BCUT2D eigenvalue weighted by Gasteiger charge is -2.10. The molecular weight excluding hydrogens is 316 g/mol. The van der Waals surface area contributed by atoms with Gasteiger partial charge in [0.2, 0.25) is 0 Å². The predicted octanol–water partition coefficient (Wildman–Crippen LogP) is 2.38. The molecule has 0 radical (unpaired) electrons. The van der Waals surface area contributed by atoms with Crippen LogP contribution in [0, 0.1) is 0 Å². The van der Waals surface area contributed by atoms with Gasteiger partial charge in [0.1, 0.15) is 0 Å². The van der Waals surface area contributed by atoms with Crippen LogP contribution >= 0.6 is 0 Å². The summed E-state index contributed by atoms with van der Waals surface area (Å²) in [5.41, 5.74) is 3.43. The number of nitrogens with one attached hydrogen (secondary N) is 1. The molecule has 7 heteroatoms. The van der Waals surface area contributed by atoms with Crippen molar-refractivity contribution in [3.8, 4) is 0 Å². The van der Waals surface area contributed by atoms with Gasteiger partial charge in [0, 0.05) is 31.4 Å². The second-order valence-corrected chi connectivity index (χ2v) is 6.60. The minimum atomic E-state index is -0.0912. The van der Waals surface area contributed by atoms with Crippen LogP contribution in [-0.2, 0) is 20.1 Å².